The number of benzene rings is 3. The Morgan fingerprint density at radius 1 is 0.969 bits per heavy atom. The molecule has 32 heavy (non-hydrogen) atoms. The Morgan fingerprint density at radius 3 is 2.47 bits per heavy atom. The molecule has 0 bridgehead atoms. The molecule has 0 aromatic heterocycles. The van der Waals surface area contributed by atoms with Crippen molar-refractivity contribution in [3.63, 3.8) is 0 Å². The highest BCUT2D eigenvalue weighted by Gasteiger charge is 2.16. The van der Waals surface area contributed by atoms with Gasteiger partial charge in [-0.25, -0.2) is 5.43 Å². The molecule has 0 heterocycles. The van der Waals surface area contributed by atoms with Gasteiger partial charge in [-0.3, -0.25) is 9.59 Å². The molecule has 3 rings (SSSR count). The molecule has 0 radical (unpaired) electrons. The number of aromatic hydroxyl groups is 1. The number of anilines is 1. The second-order valence-electron chi connectivity index (χ2n) is 6.51. The summed E-state index contributed by atoms with van der Waals surface area (Å²) in [5.41, 5.74) is 3.88. The van der Waals surface area contributed by atoms with Crippen LogP contribution in [0.3, 0.4) is 0 Å². The number of carbonyl (C=O) groups excluding carboxylic acids is 2. The zero-order chi connectivity index (χ0) is 23.1. The average Bonchev–Trinajstić information content (AvgIpc) is 2.79. The molecule has 0 aliphatic heterocycles. The predicted octanol–water partition coefficient (Wildman–Crippen LogP) is 4.19. The van der Waals surface area contributed by atoms with Gasteiger partial charge in [0.1, 0.15) is 5.75 Å². The van der Waals surface area contributed by atoms with Gasteiger partial charge in [0.25, 0.3) is 11.8 Å². The zero-order valence-corrected chi connectivity index (χ0v) is 18.8. The molecule has 0 atom stereocenters. The van der Waals surface area contributed by atoms with Gasteiger partial charge in [-0.1, -0.05) is 28.1 Å². The number of hydrazone groups is 1. The number of methoxy groups -OCH3 is 2. The van der Waals surface area contributed by atoms with E-state index in [4.69, 9.17) is 9.47 Å². The highest BCUT2D eigenvalue weighted by Crippen LogP contribution is 2.28. The number of amides is 2. The third-order valence-corrected chi connectivity index (χ3v) is 4.86. The molecule has 0 spiro atoms. The van der Waals surface area contributed by atoms with E-state index in [1.165, 1.54) is 32.6 Å². The van der Waals surface area contributed by atoms with Crippen molar-refractivity contribution >= 4 is 39.6 Å². The highest BCUT2D eigenvalue weighted by atomic mass is 79.9. The van der Waals surface area contributed by atoms with Crippen molar-refractivity contribution < 1.29 is 24.2 Å². The SMILES string of the molecule is COc1ccc(C(=O)Nc2ccc(Br)cc2C(=O)NN=Cc2cccc(O)c2)cc1OC. The van der Waals surface area contributed by atoms with Gasteiger partial charge >= 0.3 is 0 Å². The monoisotopic (exact) mass is 497 g/mol. The lowest BCUT2D eigenvalue weighted by molar-refractivity contribution is 0.0956. The number of ether oxygens (including phenoxy) is 2. The Balaban J connectivity index is 1.78. The molecule has 0 saturated heterocycles. The van der Waals surface area contributed by atoms with Gasteiger partial charge in [-0.05, 0) is 54.1 Å². The average molecular weight is 498 g/mol. The first-order valence-electron chi connectivity index (χ1n) is 9.36. The molecule has 164 valence electrons. The van der Waals surface area contributed by atoms with E-state index in [0.717, 1.165) is 0 Å². The van der Waals surface area contributed by atoms with Gasteiger partial charge < -0.3 is 19.9 Å². The summed E-state index contributed by atoms with van der Waals surface area (Å²) in [5, 5.41) is 16.1. The van der Waals surface area contributed by atoms with E-state index >= 15 is 0 Å². The Hall–Kier alpha value is -3.85. The molecular formula is C23H20BrN3O5. The molecule has 0 saturated carbocycles. The third-order valence-electron chi connectivity index (χ3n) is 4.37. The van der Waals surface area contributed by atoms with Crippen LogP contribution in [-0.4, -0.2) is 37.4 Å². The summed E-state index contributed by atoms with van der Waals surface area (Å²) in [7, 11) is 2.99. The van der Waals surface area contributed by atoms with Crippen molar-refractivity contribution in [1.82, 2.24) is 5.43 Å². The quantitative estimate of drug-likeness (QED) is 0.335. The van der Waals surface area contributed by atoms with Crippen LogP contribution in [0, 0.1) is 0 Å². The maximum Gasteiger partial charge on any atom is 0.273 e. The van der Waals surface area contributed by atoms with Crippen molar-refractivity contribution in [3.05, 3.63) is 81.8 Å². The van der Waals surface area contributed by atoms with Crippen molar-refractivity contribution in [2.75, 3.05) is 19.5 Å². The minimum absolute atomic E-state index is 0.0902. The van der Waals surface area contributed by atoms with Crippen molar-refractivity contribution in [3.8, 4) is 17.2 Å². The van der Waals surface area contributed by atoms with Crippen molar-refractivity contribution in [2.45, 2.75) is 0 Å². The van der Waals surface area contributed by atoms with Gasteiger partial charge in [0, 0.05) is 10.0 Å². The lowest BCUT2D eigenvalue weighted by Gasteiger charge is -2.12. The number of hydrogen-bond acceptors (Lipinski definition) is 6. The second kappa shape index (κ2) is 10.5. The van der Waals surface area contributed by atoms with Crippen molar-refractivity contribution in [2.24, 2.45) is 5.10 Å². The maximum atomic E-state index is 12.8. The molecule has 0 aliphatic rings. The van der Waals surface area contributed by atoms with E-state index in [2.05, 4.69) is 31.8 Å². The fourth-order valence-corrected chi connectivity index (χ4v) is 3.18. The van der Waals surface area contributed by atoms with Crippen LogP contribution in [0.5, 0.6) is 17.2 Å². The van der Waals surface area contributed by atoms with E-state index < -0.39 is 11.8 Å². The summed E-state index contributed by atoms with van der Waals surface area (Å²) in [6.45, 7) is 0. The Morgan fingerprint density at radius 2 is 1.75 bits per heavy atom. The van der Waals surface area contributed by atoms with Gasteiger partial charge in [0.05, 0.1) is 31.7 Å². The summed E-state index contributed by atoms with van der Waals surface area (Å²) in [6, 6.07) is 16.1. The minimum Gasteiger partial charge on any atom is -0.508 e. The van der Waals surface area contributed by atoms with Crippen LogP contribution in [0.25, 0.3) is 0 Å². The molecular weight excluding hydrogens is 478 g/mol. The zero-order valence-electron chi connectivity index (χ0n) is 17.3. The third kappa shape index (κ3) is 5.64. The number of nitrogens with zero attached hydrogens (tertiary/aromatic N) is 1. The number of phenolic OH excluding ortho intramolecular Hbond substituents is 1. The van der Waals surface area contributed by atoms with Crippen LogP contribution in [0.4, 0.5) is 5.69 Å². The summed E-state index contributed by atoms with van der Waals surface area (Å²) in [4.78, 5) is 25.5. The van der Waals surface area contributed by atoms with E-state index in [0.29, 0.717) is 32.8 Å². The fourth-order valence-electron chi connectivity index (χ4n) is 2.82. The Kier molecular flexibility index (Phi) is 7.45. The van der Waals surface area contributed by atoms with Gasteiger partial charge in [-0.2, -0.15) is 5.10 Å². The minimum atomic E-state index is -0.523. The summed E-state index contributed by atoms with van der Waals surface area (Å²) in [6.07, 6.45) is 1.40. The predicted molar refractivity (Wildman–Crippen MR) is 125 cm³/mol. The highest BCUT2D eigenvalue weighted by molar-refractivity contribution is 9.10. The molecule has 0 unspecified atom stereocenters. The Bertz CT molecular complexity index is 1180. The van der Waals surface area contributed by atoms with E-state index in [-0.39, 0.29) is 11.3 Å². The van der Waals surface area contributed by atoms with Gasteiger partial charge in [0.2, 0.25) is 0 Å². The van der Waals surface area contributed by atoms with Crippen LogP contribution in [0.1, 0.15) is 26.3 Å². The summed E-state index contributed by atoms with van der Waals surface area (Å²) in [5.74, 6) is 0.0518. The number of rotatable bonds is 7. The standard InChI is InChI=1S/C23H20BrN3O5/c1-31-20-9-6-15(11-21(20)32-2)22(29)26-19-8-7-16(24)12-18(19)23(30)27-25-13-14-4-3-5-17(28)10-14/h3-13,28H,1-2H3,(H,26,29)(H,27,30). The number of phenols is 1. The van der Waals surface area contributed by atoms with Crippen molar-refractivity contribution in [1.29, 1.82) is 0 Å². The normalized spacial score (nSPS) is 10.6. The lowest BCUT2D eigenvalue weighted by Crippen LogP contribution is -2.21. The van der Waals surface area contributed by atoms with Gasteiger partial charge in [0.15, 0.2) is 11.5 Å². The Labute approximate surface area is 193 Å². The molecule has 3 aromatic rings. The molecule has 2 amide bonds. The second-order valence-corrected chi connectivity index (χ2v) is 7.42. The molecule has 0 fully saturated rings. The van der Waals surface area contributed by atoms with E-state index in [9.17, 15) is 14.7 Å². The fraction of sp³-hybridized carbons (Fsp3) is 0.0870. The molecule has 3 N–H and O–H groups in total. The number of halogens is 1. The van der Waals surface area contributed by atoms with E-state index in [1.54, 1.807) is 48.5 Å². The molecule has 0 aliphatic carbocycles. The molecule has 3 aromatic carbocycles. The van der Waals surface area contributed by atoms with Crippen LogP contribution in [0.15, 0.2) is 70.2 Å². The van der Waals surface area contributed by atoms with Gasteiger partial charge in [-0.15, -0.1) is 0 Å². The smallest absolute Gasteiger partial charge is 0.273 e. The first-order valence-corrected chi connectivity index (χ1v) is 10.2. The molecule has 8 nitrogen and oxygen atoms in total. The summed E-state index contributed by atoms with van der Waals surface area (Å²) < 4.78 is 11.1. The van der Waals surface area contributed by atoms with Crippen LogP contribution in [-0.2, 0) is 0 Å². The van der Waals surface area contributed by atoms with Crippen LogP contribution < -0.4 is 20.2 Å². The lowest BCUT2D eigenvalue weighted by atomic mass is 10.1. The first kappa shape index (κ1) is 22.8. The number of nitrogens with one attached hydrogen (secondary N) is 2. The van der Waals surface area contributed by atoms with Crippen LogP contribution in [0.2, 0.25) is 0 Å². The summed E-state index contributed by atoms with van der Waals surface area (Å²) >= 11 is 3.33. The van der Waals surface area contributed by atoms with Crippen LogP contribution >= 0.6 is 15.9 Å². The molecule has 9 heteroatoms. The first-order chi connectivity index (χ1) is 15.4. The van der Waals surface area contributed by atoms with E-state index in [1.807, 2.05) is 0 Å². The largest absolute Gasteiger partial charge is 0.508 e. The number of carbonyl (C=O) groups is 2. The number of hydrogen-bond donors (Lipinski definition) is 3. The topological polar surface area (TPSA) is 109 Å². The maximum absolute atomic E-state index is 12.8.